The van der Waals surface area contributed by atoms with Gasteiger partial charge >= 0.3 is 0 Å². The number of ether oxygens (including phenoxy) is 3. The molecule has 0 saturated carbocycles. The van der Waals surface area contributed by atoms with Crippen molar-refractivity contribution in [1.29, 1.82) is 0 Å². The Kier molecular flexibility index (Phi) is 5.82. The first kappa shape index (κ1) is 14.7. The second-order valence-corrected chi connectivity index (χ2v) is 3.89. The van der Waals surface area contributed by atoms with E-state index in [0.29, 0.717) is 12.2 Å². The first-order valence-corrected chi connectivity index (χ1v) is 6.03. The summed E-state index contributed by atoms with van der Waals surface area (Å²) in [7, 11) is 1.59. The van der Waals surface area contributed by atoms with Crippen LogP contribution in [0.5, 0.6) is 5.75 Å². The number of hydrogen-bond donors (Lipinski definition) is 0. The Hall–Kier alpha value is -1.39. The summed E-state index contributed by atoms with van der Waals surface area (Å²) in [6, 6.07) is 6.97. The summed E-state index contributed by atoms with van der Waals surface area (Å²) in [6.45, 7) is 5.95. The van der Waals surface area contributed by atoms with Crippen molar-refractivity contribution in [2.24, 2.45) is 0 Å². The summed E-state index contributed by atoms with van der Waals surface area (Å²) in [5, 5.41) is 0. The zero-order valence-electron chi connectivity index (χ0n) is 11.3. The number of hydrogen-bond acceptors (Lipinski definition) is 4. The molecule has 0 aromatic heterocycles. The van der Waals surface area contributed by atoms with Crippen LogP contribution in [0.15, 0.2) is 24.3 Å². The van der Waals surface area contributed by atoms with Crippen LogP contribution in [0.1, 0.15) is 31.1 Å². The average Bonchev–Trinajstić information content (AvgIpc) is 2.38. The molecular formula is C14H20O4. The summed E-state index contributed by atoms with van der Waals surface area (Å²) in [4.78, 5) is 12.1. The number of ketones is 1. The fourth-order valence-corrected chi connectivity index (χ4v) is 1.61. The van der Waals surface area contributed by atoms with Crippen LogP contribution in [0, 0.1) is 0 Å². The maximum atomic E-state index is 12.1. The Balaban J connectivity index is 2.62. The molecule has 2 atom stereocenters. The Labute approximate surface area is 108 Å². The van der Waals surface area contributed by atoms with Gasteiger partial charge in [-0.2, -0.15) is 0 Å². The Bertz CT molecular complexity index is 372. The van der Waals surface area contributed by atoms with Crippen LogP contribution < -0.4 is 4.74 Å². The highest BCUT2D eigenvalue weighted by atomic mass is 16.7. The van der Waals surface area contributed by atoms with Crippen molar-refractivity contribution in [2.75, 3.05) is 13.7 Å². The second kappa shape index (κ2) is 7.13. The minimum absolute atomic E-state index is 0.0655. The van der Waals surface area contributed by atoms with Crippen LogP contribution in [-0.4, -0.2) is 31.9 Å². The molecule has 0 saturated heterocycles. The summed E-state index contributed by atoms with van der Waals surface area (Å²) in [5.41, 5.74) is 0.604. The third-order valence-corrected chi connectivity index (χ3v) is 2.54. The topological polar surface area (TPSA) is 44.8 Å². The number of carbonyl (C=O) groups is 1. The maximum absolute atomic E-state index is 12.1. The van der Waals surface area contributed by atoms with Crippen molar-refractivity contribution < 1.29 is 19.0 Å². The lowest BCUT2D eigenvalue weighted by Crippen LogP contribution is -2.27. The van der Waals surface area contributed by atoms with E-state index in [1.807, 2.05) is 6.92 Å². The van der Waals surface area contributed by atoms with Crippen LogP contribution in [0.25, 0.3) is 0 Å². The molecule has 0 aliphatic heterocycles. The fraction of sp³-hybridized carbons (Fsp3) is 0.500. The highest BCUT2D eigenvalue weighted by Crippen LogP contribution is 2.14. The first-order chi connectivity index (χ1) is 8.58. The van der Waals surface area contributed by atoms with E-state index in [0.717, 1.165) is 5.75 Å². The van der Waals surface area contributed by atoms with E-state index in [4.69, 9.17) is 14.2 Å². The minimum atomic E-state index is -0.528. The molecule has 100 valence electrons. The molecule has 0 heterocycles. The Morgan fingerprint density at radius 2 is 1.83 bits per heavy atom. The first-order valence-electron chi connectivity index (χ1n) is 6.03. The van der Waals surface area contributed by atoms with Crippen molar-refractivity contribution in [3.8, 4) is 5.75 Å². The van der Waals surface area contributed by atoms with Gasteiger partial charge in [-0.05, 0) is 45.0 Å². The van der Waals surface area contributed by atoms with Gasteiger partial charge in [-0.25, -0.2) is 0 Å². The predicted octanol–water partition coefficient (Wildman–Crippen LogP) is 2.67. The largest absolute Gasteiger partial charge is 0.497 e. The van der Waals surface area contributed by atoms with Crippen molar-refractivity contribution in [3.05, 3.63) is 29.8 Å². The zero-order chi connectivity index (χ0) is 13.5. The van der Waals surface area contributed by atoms with E-state index in [9.17, 15) is 4.79 Å². The van der Waals surface area contributed by atoms with Gasteiger partial charge < -0.3 is 14.2 Å². The number of benzene rings is 1. The van der Waals surface area contributed by atoms with E-state index in [2.05, 4.69) is 0 Å². The molecule has 4 nitrogen and oxygen atoms in total. The molecule has 1 aromatic rings. The lowest BCUT2D eigenvalue weighted by molar-refractivity contribution is -0.142. The molecule has 0 spiro atoms. The highest BCUT2D eigenvalue weighted by molar-refractivity contribution is 5.99. The SMILES string of the molecule is CCOC(C)OC(C)C(=O)c1ccc(OC)cc1. The van der Waals surface area contributed by atoms with Gasteiger partial charge in [0, 0.05) is 12.2 Å². The second-order valence-electron chi connectivity index (χ2n) is 3.89. The molecular weight excluding hydrogens is 232 g/mol. The molecule has 0 aliphatic rings. The van der Waals surface area contributed by atoms with E-state index in [1.165, 1.54) is 0 Å². The molecule has 0 radical (unpaired) electrons. The normalized spacial score (nSPS) is 14.0. The van der Waals surface area contributed by atoms with Crippen LogP contribution in [0.4, 0.5) is 0 Å². The molecule has 0 fully saturated rings. The quantitative estimate of drug-likeness (QED) is 0.553. The van der Waals surface area contributed by atoms with Gasteiger partial charge in [-0.3, -0.25) is 4.79 Å². The Morgan fingerprint density at radius 1 is 1.22 bits per heavy atom. The van der Waals surface area contributed by atoms with E-state index in [1.54, 1.807) is 45.2 Å². The third kappa shape index (κ3) is 4.13. The van der Waals surface area contributed by atoms with Gasteiger partial charge in [0.1, 0.15) is 11.9 Å². The van der Waals surface area contributed by atoms with E-state index < -0.39 is 6.10 Å². The van der Waals surface area contributed by atoms with Gasteiger partial charge in [0.15, 0.2) is 12.1 Å². The van der Waals surface area contributed by atoms with Gasteiger partial charge in [-0.15, -0.1) is 0 Å². The van der Waals surface area contributed by atoms with Crippen molar-refractivity contribution in [1.82, 2.24) is 0 Å². The maximum Gasteiger partial charge on any atom is 0.191 e. The molecule has 4 heteroatoms. The third-order valence-electron chi connectivity index (χ3n) is 2.54. The number of methoxy groups -OCH3 is 1. The predicted molar refractivity (Wildman–Crippen MR) is 69.0 cm³/mol. The molecule has 1 rings (SSSR count). The smallest absolute Gasteiger partial charge is 0.191 e. The molecule has 0 bridgehead atoms. The number of rotatable bonds is 7. The molecule has 18 heavy (non-hydrogen) atoms. The fourth-order valence-electron chi connectivity index (χ4n) is 1.61. The number of Topliss-reactive ketones (excluding diaryl/α,β-unsaturated/α-hetero) is 1. The van der Waals surface area contributed by atoms with E-state index in [-0.39, 0.29) is 12.1 Å². The van der Waals surface area contributed by atoms with Crippen LogP contribution in [-0.2, 0) is 9.47 Å². The van der Waals surface area contributed by atoms with Crippen LogP contribution in [0.3, 0.4) is 0 Å². The van der Waals surface area contributed by atoms with Crippen molar-refractivity contribution in [2.45, 2.75) is 33.2 Å². The lowest BCUT2D eigenvalue weighted by atomic mass is 10.1. The van der Waals surface area contributed by atoms with Gasteiger partial charge in [-0.1, -0.05) is 0 Å². The Morgan fingerprint density at radius 3 is 2.33 bits per heavy atom. The van der Waals surface area contributed by atoms with Gasteiger partial charge in [0.2, 0.25) is 0 Å². The summed E-state index contributed by atoms with van der Waals surface area (Å²) in [5.74, 6) is 0.659. The van der Waals surface area contributed by atoms with Crippen molar-refractivity contribution in [3.63, 3.8) is 0 Å². The highest BCUT2D eigenvalue weighted by Gasteiger charge is 2.18. The number of carbonyl (C=O) groups excluding carboxylic acids is 1. The molecule has 1 aromatic carbocycles. The lowest BCUT2D eigenvalue weighted by Gasteiger charge is -2.18. The minimum Gasteiger partial charge on any atom is -0.497 e. The van der Waals surface area contributed by atoms with E-state index >= 15 is 0 Å². The van der Waals surface area contributed by atoms with Crippen molar-refractivity contribution >= 4 is 5.78 Å². The zero-order valence-corrected chi connectivity index (χ0v) is 11.3. The summed E-state index contributed by atoms with van der Waals surface area (Å²) >= 11 is 0. The monoisotopic (exact) mass is 252 g/mol. The molecule has 0 amide bonds. The van der Waals surface area contributed by atoms with Gasteiger partial charge in [0.25, 0.3) is 0 Å². The summed E-state index contributed by atoms with van der Waals surface area (Å²) < 4.78 is 15.7. The standard InChI is InChI=1S/C14H20O4/c1-5-17-11(3)18-10(2)14(15)12-6-8-13(16-4)9-7-12/h6-11H,5H2,1-4H3. The molecule has 2 unspecified atom stereocenters. The molecule has 0 N–H and O–H groups in total. The van der Waals surface area contributed by atoms with Crippen LogP contribution in [0.2, 0.25) is 0 Å². The average molecular weight is 252 g/mol. The van der Waals surface area contributed by atoms with Gasteiger partial charge in [0.05, 0.1) is 7.11 Å². The van der Waals surface area contributed by atoms with Crippen LogP contribution >= 0.6 is 0 Å². The summed E-state index contributed by atoms with van der Waals surface area (Å²) in [6.07, 6.45) is -0.910. The molecule has 0 aliphatic carbocycles.